The first-order chi connectivity index (χ1) is 10.0. The molecule has 0 atom stereocenters. The SMILES string of the molecule is CCCCCOc1cc(C)ccc1CN=C(N)NC(C)C. The van der Waals surface area contributed by atoms with E-state index in [1.54, 1.807) is 0 Å². The Hall–Kier alpha value is -1.71. The Labute approximate surface area is 128 Å². The van der Waals surface area contributed by atoms with Crippen LogP contribution in [0.2, 0.25) is 0 Å². The number of guanidine groups is 1. The number of hydrogen-bond donors (Lipinski definition) is 2. The Bertz CT molecular complexity index is 455. The quantitative estimate of drug-likeness (QED) is 0.438. The highest BCUT2D eigenvalue weighted by Gasteiger charge is 2.04. The summed E-state index contributed by atoms with van der Waals surface area (Å²) in [4.78, 5) is 4.37. The monoisotopic (exact) mass is 291 g/mol. The predicted molar refractivity (Wildman–Crippen MR) is 89.8 cm³/mol. The zero-order chi connectivity index (χ0) is 15.7. The van der Waals surface area contributed by atoms with Gasteiger partial charge in [-0.1, -0.05) is 31.9 Å². The molecule has 0 aromatic heterocycles. The van der Waals surface area contributed by atoms with Crippen LogP contribution in [0.25, 0.3) is 0 Å². The second-order valence-corrected chi connectivity index (χ2v) is 5.67. The maximum atomic E-state index is 5.90. The molecular formula is C17H29N3O. The summed E-state index contributed by atoms with van der Waals surface area (Å²) in [6, 6.07) is 6.51. The van der Waals surface area contributed by atoms with Gasteiger partial charge < -0.3 is 15.8 Å². The molecule has 4 nitrogen and oxygen atoms in total. The van der Waals surface area contributed by atoms with Gasteiger partial charge in [0.15, 0.2) is 5.96 Å². The molecule has 1 rings (SSSR count). The van der Waals surface area contributed by atoms with Gasteiger partial charge in [0.25, 0.3) is 0 Å². The zero-order valence-corrected chi connectivity index (χ0v) is 13.8. The average molecular weight is 291 g/mol. The van der Waals surface area contributed by atoms with E-state index in [2.05, 4.69) is 42.4 Å². The van der Waals surface area contributed by atoms with Crippen LogP contribution in [0.4, 0.5) is 0 Å². The van der Waals surface area contributed by atoms with Crippen molar-refractivity contribution >= 4 is 5.96 Å². The van der Waals surface area contributed by atoms with Crippen LogP contribution in [-0.4, -0.2) is 18.6 Å². The van der Waals surface area contributed by atoms with Crippen molar-refractivity contribution in [1.29, 1.82) is 0 Å². The highest BCUT2D eigenvalue weighted by atomic mass is 16.5. The van der Waals surface area contributed by atoms with E-state index in [4.69, 9.17) is 10.5 Å². The molecule has 4 heteroatoms. The first-order valence-corrected chi connectivity index (χ1v) is 7.81. The van der Waals surface area contributed by atoms with Gasteiger partial charge in [-0.3, -0.25) is 0 Å². The molecule has 0 saturated heterocycles. The topological polar surface area (TPSA) is 59.6 Å². The summed E-state index contributed by atoms with van der Waals surface area (Å²) < 4.78 is 5.90. The summed E-state index contributed by atoms with van der Waals surface area (Å²) in [6.07, 6.45) is 3.49. The van der Waals surface area contributed by atoms with Gasteiger partial charge in [0.2, 0.25) is 0 Å². The number of aliphatic imine (C=N–C) groups is 1. The van der Waals surface area contributed by atoms with E-state index in [9.17, 15) is 0 Å². The molecule has 0 bridgehead atoms. The van der Waals surface area contributed by atoms with E-state index in [0.29, 0.717) is 12.5 Å². The summed E-state index contributed by atoms with van der Waals surface area (Å²) in [5.74, 6) is 1.40. The fourth-order valence-corrected chi connectivity index (χ4v) is 1.97. The highest BCUT2D eigenvalue weighted by Crippen LogP contribution is 2.21. The van der Waals surface area contributed by atoms with Gasteiger partial charge in [-0.05, 0) is 38.8 Å². The van der Waals surface area contributed by atoms with Gasteiger partial charge >= 0.3 is 0 Å². The number of unbranched alkanes of at least 4 members (excludes halogenated alkanes) is 2. The normalized spacial score (nSPS) is 11.8. The van der Waals surface area contributed by atoms with Gasteiger partial charge in [-0.25, -0.2) is 4.99 Å². The van der Waals surface area contributed by atoms with Crippen LogP contribution in [-0.2, 0) is 6.54 Å². The molecule has 3 N–H and O–H groups in total. The van der Waals surface area contributed by atoms with Crippen molar-refractivity contribution in [3.05, 3.63) is 29.3 Å². The van der Waals surface area contributed by atoms with E-state index in [-0.39, 0.29) is 6.04 Å². The maximum Gasteiger partial charge on any atom is 0.189 e. The largest absolute Gasteiger partial charge is 0.493 e. The fourth-order valence-electron chi connectivity index (χ4n) is 1.97. The second-order valence-electron chi connectivity index (χ2n) is 5.67. The van der Waals surface area contributed by atoms with E-state index in [0.717, 1.165) is 24.3 Å². The van der Waals surface area contributed by atoms with Crippen molar-refractivity contribution in [2.45, 2.75) is 59.5 Å². The number of hydrogen-bond acceptors (Lipinski definition) is 2. The Kier molecular flexibility index (Phi) is 7.65. The van der Waals surface area contributed by atoms with Gasteiger partial charge in [-0.15, -0.1) is 0 Å². The Balaban J connectivity index is 2.67. The zero-order valence-electron chi connectivity index (χ0n) is 13.8. The van der Waals surface area contributed by atoms with E-state index < -0.39 is 0 Å². The molecular weight excluding hydrogens is 262 g/mol. The van der Waals surface area contributed by atoms with Crippen LogP contribution in [0, 0.1) is 6.92 Å². The van der Waals surface area contributed by atoms with Crippen LogP contribution in [0.3, 0.4) is 0 Å². The van der Waals surface area contributed by atoms with Crippen LogP contribution in [0.5, 0.6) is 5.75 Å². The third-order valence-electron chi connectivity index (χ3n) is 3.08. The van der Waals surface area contributed by atoms with Crippen molar-refractivity contribution < 1.29 is 4.74 Å². The van der Waals surface area contributed by atoms with Crippen LogP contribution >= 0.6 is 0 Å². The summed E-state index contributed by atoms with van der Waals surface area (Å²) in [6.45, 7) is 9.63. The molecule has 21 heavy (non-hydrogen) atoms. The number of nitrogens with zero attached hydrogens (tertiary/aromatic N) is 1. The van der Waals surface area contributed by atoms with Crippen molar-refractivity contribution in [3.8, 4) is 5.75 Å². The van der Waals surface area contributed by atoms with Gasteiger partial charge in [0.1, 0.15) is 5.75 Å². The minimum atomic E-state index is 0.288. The third kappa shape index (κ3) is 7.02. The molecule has 0 unspecified atom stereocenters. The number of ether oxygens (including phenoxy) is 1. The number of benzene rings is 1. The average Bonchev–Trinajstić information content (AvgIpc) is 2.42. The van der Waals surface area contributed by atoms with Crippen molar-refractivity contribution in [1.82, 2.24) is 5.32 Å². The van der Waals surface area contributed by atoms with Crippen molar-refractivity contribution in [3.63, 3.8) is 0 Å². The molecule has 1 aromatic carbocycles. The molecule has 0 spiro atoms. The van der Waals surface area contributed by atoms with E-state index >= 15 is 0 Å². The molecule has 0 radical (unpaired) electrons. The van der Waals surface area contributed by atoms with Gasteiger partial charge in [-0.2, -0.15) is 0 Å². The van der Waals surface area contributed by atoms with Crippen molar-refractivity contribution in [2.24, 2.45) is 10.7 Å². The van der Waals surface area contributed by atoms with Crippen LogP contribution in [0.1, 0.15) is 51.2 Å². The lowest BCUT2D eigenvalue weighted by Crippen LogP contribution is -2.36. The molecule has 0 aliphatic heterocycles. The molecule has 0 amide bonds. The Morgan fingerprint density at radius 2 is 2.10 bits per heavy atom. The molecule has 0 aliphatic carbocycles. The van der Waals surface area contributed by atoms with Gasteiger partial charge in [0, 0.05) is 11.6 Å². The summed E-state index contributed by atoms with van der Waals surface area (Å²) >= 11 is 0. The fraction of sp³-hybridized carbons (Fsp3) is 0.588. The minimum absolute atomic E-state index is 0.288. The number of aryl methyl sites for hydroxylation is 1. The number of rotatable bonds is 8. The highest BCUT2D eigenvalue weighted by molar-refractivity contribution is 5.78. The summed E-state index contributed by atoms with van der Waals surface area (Å²) in [5.41, 5.74) is 8.11. The van der Waals surface area contributed by atoms with E-state index in [1.807, 2.05) is 13.8 Å². The van der Waals surface area contributed by atoms with Crippen LogP contribution < -0.4 is 15.8 Å². The molecule has 1 aromatic rings. The molecule has 118 valence electrons. The molecule has 0 heterocycles. The Morgan fingerprint density at radius 1 is 1.33 bits per heavy atom. The van der Waals surface area contributed by atoms with E-state index in [1.165, 1.54) is 18.4 Å². The first-order valence-electron chi connectivity index (χ1n) is 7.81. The molecule has 0 saturated carbocycles. The van der Waals surface area contributed by atoms with Crippen molar-refractivity contribution in [2.75, 3.05) is 6.61 Å². The second kappa shape index (κ2) is 9.27. The number of nitrogens with one attached hydrogen (secondary N) is 1. The lowest BCUT2D eigenvalue weighted by atomic mass is 10.1. The third-order valence-corrected chi connectivity index (χ3v) is 3.08. The minimum Gasteiger partial charge on any atom is -0.493 e. The number of nitrogens with two attached hydrogens (primary N) is 1. The lowest BCUT2D eigenvalue weighted by Gasteiger charge is -2.12. The lowest BCUT2D eigenvalue weighted by molar-refractivity contribution is 0.303. The van der Waals surface area contributed by atoms with Gasteiger partial charge in [0.05, 0.1) is 13.2 Å². The van der Waals surface area contributed by atoms with Crippen LogP contribution in [0.15, 0.2) is 23.2 Å². The standard InChI is InChI=1S/C17H29N3O/c1-5-6-7-10-21-16-11-14(4)8-9-15(16)12-19-17(18)20-13(2)3/h8-9,11,13H,5-7,10,12H2,1-4H3,(H3,18,19,20). The summed E-state index contributed by atoms with van der Waals surface area (Å²) in [5, 5.41) is 3.09. The smallest absolute Gasteiger partial charge is 0.189 e. The Morgan fingerprint density at radius 3 is 2.76 bits per heavy atom. The predicted octanol–water partition coefficient (Wildman–Crippen LogP) is 3.38. The molecule has 0 aliphatic rings. The summed E-state index contributed by atoms with van der Waals surface area (Å²) in [7, 11) is 0. The maximum absolute atomic E-state index is 5.90. The first kappa shape index (κ1) is 17.3. The molecule has 0 fully saturated rings.